The number of carbonyl (C=O) groups excluding carboxylic acids is 13. The highest BCUT2D eigenvalue weighted by molar-refractivity contribution is 6.01. The first-order chi connectivity index (χ1) is 55.3. The number of hydrogen-bond acceptors (Lipinski definition) is 21. The van der Waals surface area contributed by atoms with Gasteiger partial charge in [0.2, 0.25) is 65.0 Å². The maximum Gasteiger partial charge on any atom is 0.490 e. The van der Waals surface area contributed by atoms with Crippen LogP contribution in [0, 0.1) is 17.8 Å². The van der Waals surface area contributed by atoms with Crippen LogP contribution in [0.3, 0.4) is 0 Å². The highest BCUT2D eigenvalue weighted by Crippen LogP contribution is 2.27. The van der Waals surface area contributed by atoms with Crippen molar-refractivity contribution in [1.29, 1.82) is 0 Å². The smallest absolute Gasteiger partial charge is 0.475 e. The van der Waals surface area contributed by atoms with Crippen LogP contribution in [0.1, 0.15) is 118 Å². The quantitative estimate of drug-likeness (QED) is 0.0160. The van der Waals surface area contributed by atoms with Gasteiger partial charge in [0.1, 0.15) is 60.0 Å². The van der Waals surface area contributed by atoms with Crippen LogP contribution in [0.5, 0.6) is 0 Å². The van der Waals surface area contributed by atoms with Crippen molar-refractivity contribution >= 4 is 111 Å². The van der Waals surface area contributed by atoms with Crippen LogP contribution in [-0.4, -0.2) is 225 Å². The number of amides is 12. The number of alkyl carbamates (subject to hydrolysis) is 1. The van der Waals surface area contributed by atoms with E-state index in [9.17, 15) is 76.7 Å². The average molecular weight is 1660 g/mol. The standard InChI is InChI=1S/C77H105N15O19.C2HF3O2/c1-11-41(6)56-70(104)90-57(42(7)94)69(103)82-37-55(95)88-59(62(97)64(78)98)72(106)86-54(38-93)74(108)110-63(46-23-13-12-14-24-46)60(73(107)91-58(61(96)40(4)5)71(105)85-51(33-39(2)3)66(100)83-50(65(99)89-56)29-20-32-81-75(79)80)92-68(102)53(36-48-27-19-26-45-22-17-18-28-49(45)48)84-67(101)52(87-76(109)111-77(8,9)10)35-43-30-31-44-21-15-16-25-47(44)34-43;3-2(4,5)1(6)7/h12-19,21-28,30-31,34,39-42,50-54,56-63,93-94,96-97H,11,20,29,32-33,35-38H2,1-10H3,(H2,78,98)(H,82,103)(H,83,100)(H,84,101)(H,85,105)(H,86,106)(H,87,109)(H,88,95)(H,89,99)(H,90,104)(H,91,107)(H,92,102)(H4,79,80,81);(H,6,7)/t41-,42-,50+,51-,52+,53-,54-,56-,57-,58-,59-,60-,61+,62-,63+;/m0./s1. The molecule has 1 saturated heterocycles. The van der Waals surface area contributed by atoms with Crippen LogP contribution in [-0.2, 0) is 84.6 Å². The van der Waals surface area contributed by atoms with Crippen molar-refractivity contribution in [2.75, 3.05) is 19.7 Å². The molecule has 5 aromatic rings. The van der Waals surface area contributed by atoms with E-state index in [4.69, 9.17) is 36.6 Å². The topological polar surface area (TPSA) is 581 Å². The van der Waals surface area contributed by atoms with E-state index in [0.717, 1.165) is 17.7 Å². The average Bonchev–Trinajstić information content (AvgIpc) is 0.804. The third-order valence-electron chi connectivity index (χ3n) is 18.5. The van der Waals surface area contributed by atoms with Gasteiger partial charge in [0.15, 0.2) is 24.2 Å². The number of aliphatic hydroxyl groups is 4. The Morgan fingerprint density at radius 2 is 1.16 bits per heavy atom. The number of primary amides is 1. The van der Waals surface area contributed by atoms with E-state index in [-0.39, 0.29) is 56.6 Å². The molecule has 118 heavy (non-hydrogen) atoms. The van der Waals surface area contributed by atoms with Crippen LogP contribution in [0.25, 0.3) is 21.5 Å². The van der Waals surface area contributed by atoms with Crippen molar-refractivity contribution in [1.82, 2.24) is 58.5 Å². The Morgan fingerprint density at radius 1 is 0.610 bits per heavy atom. The van der Waals surface area contributed by atoms with Crippen molar-refractivity contribution in [3.8, 4) is 0 Å². The predicted octanol–water partition coefficient (Wildman–Crippen LogP) is -0.536. The zero-order chi connectivity index (χ0) is 88.2. The largest absolute Gasteiger partial charge is 0.490 e. The Hall–Kier alpha value is -12.1. The summed E-state index contributed by atoms with van der Waals surface area (Å²) in [5.41, 5.74) is 16.4. The first-order valence-electron chi connectivity index (χ1n) is 37.8. The number of guanidine groups is 1. The van der Waals surface area contributed by atoms with E-state index >= 15 is 19.2 Å². The third-order valence-corrected chi connectivity index (χ3v) is 18.5. The summed E-state index contributed by atoms with van der Waals surface area (Å²) in [6.45, 7) is 12.9. The van der Waals surface area contributed by atoms with Crippen LogP contribution < -0.4 is 75.7 Å². The van der Waals surface area contributed by atoms with E-state index in [1.54, 1.807) is 97.0 Å². The number of nitrogens with zero attached hydrogens (tertiary/aromatic N) is 1. The number of esters is 1. The number of fused-ring (bicyclic) bond motifs is 2. The zero-order valence-electron chi connectivity index (χ0n) is 66.7. The fraction of sp³-hybridized carbons (Fsp3) is 0.481. The number of nitrogens with two attached hydrogens (primary N) is 3. The molecule has 0 aliphatic carbocycles. The van der Waals surface area contributed by atoms with Gasteiger partial charge in [-0.15, -0.1) is 0 Å². The number of rotatable bonds is 24. The van der Waals surface area contributed by atoms with Gasteiger partial charge < -0.3 is 111 Å². The normalized spacial score (nSPS) is 21.6. The number of halogens is 3. The molecular weight excluding hydrogens is 1550 g/mol. The number of ether oxygens (including phenoxy) is 2. The number of benzene rings is 5. The second kappa shape index (κ2) is 44.8. The molecule has 644 valence electrons. The minimum Gasteiger partial charge on any atom is -0.475 e. The van der Waals surface area contributed by atoms with E-state index < -0.39 is 211 Å². The second-order valence-corrected chi connectivity index (χ2v) is 29.9. The summed E-state index contributed by atoms with van der Waals surface area (Å²) in [5, 5.41) is 82.2. The molecule has 6 rings (SSSR count). The van der Waals surface area contributed by atoms with Crippen molar-refractivity contribution < 1.29 is 115 Å². The summed E-state index contributed by atoms with van der Waals surface area (Å²) >= 11 is 0. The predicted molar refractivity (Wildman–Crippen MR) is 421 cm³/mol. The van der Waals surface area contributed by atoms with Crippen molar-refractivity contribution in [2.24, 2.45) is 39.9 Å². The number of carbonyl (C=O) groups is 14. The summed E-state index contributed by atoms with van der Waals surface area (Å²) < 4.78 is 43.5. The van der Waals surface area contributed by atoms with Gasteiger partial charge >= 0.3 is 24.2 Å². The van der Waals surface area contributed by atoms with Gasteiger partial charge in [0.25, 0.3) is 0 Å². The highest BCUT2D eigenvalue weighted by Gasteiger charge is 2.45. The lowest BCUT2D eigenvalue weighted by Crippen LogP contribution is -2.64. The lowest BCUT2D eigenvalue weighted by Gasteiger charge is -2.34. The van der Waals surface area contributed by atoms with E-state index in [0.29, 0.717) is 21.9 Å². The van der Waals surface area contributed by atoms with E-state index in [1.807, 2.05) is 41.7 Å². The van der Waals surface area contributed by atoms with Gasteiger partial charge in [-0.3, -0.25) is 57.7 Å². The molecule has 5 aromatic carbocycles. The molecule has 39 heteroatoms. The van der Waals surface area contributed by atoms with Gasteiger partial charge in [-0.05, 0) is 103 Å². The number of aliphatic carboxylic acids is 1. The second-order valence-electron chi connectivity index (χ2n) is 29.9. The van der Waals surface area contributed by atoms with Crippen LogP contribution in [0.4, 0.5) is 18.0 Å². The Balaban J connectivity index is 0.00000338. The molecule has 1 heterocycles. The number of alkyl halides is 3. The molecule has 22 N–H and O–H groups in total. The van der Waals surface area contributed by atoms with E-state index in [2.05, 4.69) is 58.2 Å². The van der Waals surface area contributed by atoms with Gasteiger partial charge in [0.05, 0.1) is 25.4 Å². The number of nitrogens with one attached hydrogen (secondary N) is 11. The maximum absolute atomic E-state index is 16.0. The van der Waals surface area contributed by atoms with E-state index in [1.165, 1.54) is 44.2 Å². The Kier molecular flexibility index (Phi) is 36.7. The monoisotopic (exact) mass is 1660 g/mol. The van der Waals surface area contributed by atoms with Crippen molar-refractivity contribution in [2.45, 2.75) is 204 Å². The summed E-state index contributed by atoms with van der Waals surface area (Å²) in [4.78, 5) is 203. The SMILES string of the molecule is CC[C@H](C)[C@@H]1NC(=O)[C@@H](CCCN=C(N)N)NC(=O)[C@H](CC(C)C)NC(=O)[C@H]([C@H](O)C(C)C)NC(=O)[C@@H](NC(=O)[C@H](Cc2cccc3ccccc23)NC(=O)[C@@H](Cc2ccc3ccccc3c2)NC(=O)OC(C)(C)C)[C@@H](c2ccccc2)OC(=O)[C@H](CO)NC(=O)[C@H]([C@H](O)C(N)=O)NC(=O)CNC(=O)[C@H]([C@H](C)O)NC1=O.O=C(O)C(F)(F)F. The summed E-state index contributed by atoms with van der Waals surface area (Å²) in [6, 6.07) is 12.8. The minimum absolute atomic E-state index is 0.0168. The van der Waals surface area contributed by atoms with Crippen molar-refractivity contribution in [3.63, 3.8) is 0 Å². The molecule has 12 amide bonds. The lowest BCUT2D eigenvalue weighted by atomic mass is 9.95. The minimum atomic E-state index is -5.08. The number of aliphatic hydroxyl groups excluding tert-OH is 4. The van der Waals surface area contributed by atoms with Gasteiger partial charge in [0, 0.05) is 19.4 Å². The maximum atomic E-state index is 16.0. The van der Waals surface area contributed by atoms with Crippen LogP contribution in [0.2, 0.25) is 0 Å². The zero-order valence-corrected chi connectivity index (χ0v) is 66.7. The third kappa shape index (κ3) is 29.9. The molecule has 1 aliphatic heterocycles. The highest BCUT2D eigenvalue weighted by atomic mass is 19.4. The number of cyclic esters (lactones) is 1. The summed E-state index contributed by atoms with van der Waals surface area (Å²) in [7, 11) is 0. The molecule has 0 radical (unpaired) electrons. The number of carboxylic acid groups (broad SMARTS) is 1. The molecule has 0 saturated carbocycles. The molecule has 15 atom stereocenters. The van der Waals surface area contributed by atoms with Gasteiger partial charge in [-0.2, -0.15) is 13.2 Å². The molecule has 36 nitrogen and oxygen atoms in total. The first kappa shape index (κ1) is 96.5. The van der Waals surface area contributed by atoms with Crippen LogP contribution in [0.15, 0.2) is 120 Å². The molecule has 1 fully saturated rings. The summed E-state index contributed by atoms with van der Waals surface area (Å²) in [6.07, 6.45) is -15.3. The Labute approximate surface area is 677 Å². The summed E-state index contributed by atoms with van der Waals surface area (Å²) in [5.74, 6) is -20.5. The first-order valence-corrected chi connectivity index (χ1v) is 37.8. The van der Waals surface area contributed by atoms with Gasteiger partial charge in [-0.1, -0.05) is 163 Å². The lowest BCUT2D eigenvalue weighted by molar-refractivity contribution is -0.192. The fourth-order valence-electron chi connectivity index (χ4n) is 12.1. The van der Waals surface area contributed by atoms with Gasteiger partial charge in [-0.25, -0.2) is 14.4 Å². The molecule has 1 aliphatic rings. The number of hydrogen-bond donors (Lipinski definition) is 19. The molecule has 0 unspecified atom stereocenters. The van der Waals surface area contributed by atoms with Crippen molar-refractivity contribution in [3.05, 3.63) is 132 Å². The molecule has 0 bridgehead atoms. The molecule has 0 aromatic heterocycles. The number of aliphatic imine (C=N–C) groups is 1. The molecule has 0 spiro atoms. The number of carboxylic acids is 1. The Morgan fingerprint density at radius 3 is 1.75 bits per heavy atom. The fourth-order valence-corrected chi connectivity index (χ4v) is 12.1. The van der Waals surface area contributed by atoms with Crippen LogP contribution >= 0.6 is 0 Å². The Bertz CT molecular complexity index is 4390. The molecular formula is C79H106F3N15O21.